The zero-order valence-corrected chi connectivity index (χ0v) is 27.1. The van der Waals surface area contributed by atoms with Crippen LogP contribution >= 0.6 is 11.6 Å². The maximum atomic E-state index is 13.5. The first-order valence-corrected chi connectivity index (χ1v) is 17.8. The van der Waals surface area contributed by atoms with Gasteiger partial charge in [-0.1, -0.05) is 29.8 Å². The summed E-state index contributed by atoms with van der Waals surface area (Å²) in [5, 5.41) is 9.89. The molecule has 0 aromatic heterocycles. The van der Waals surface area contributed by atoms with Crippen molar-refractivity contribution in [2.45, 2.75) is 81.2 Å². The summed E-state index contributed by atoms with van der Waals surface area (Å²) in [6, 6.07) is 11.4. The number of benzene rings is 2. The molecule has 0 saturated heterocycles. The minimum Gasteiger partial charge on any atom is -0.490 e. The number of hydrogen-bond donors (Lipinski definition) is 2. The summed E-state index contributed by atoms with van der Waals surface area (Å²) in [6.07, 6.45) is 9.09. The molecular weight excluding hydrogens is 600 g/mol. The Morgan fingerprint density at radius 1 is 1.20 bits per heavy atom. The minimum absolute atomic E-state index is 0.0371. The van der Waals surface area contributed by atoms with Crippen LogP contribution < -0.4 is 14.4 Å². The van der Waals surface area contributed by atoms with E-state index < -0.39 is 27.3 Å². The second-order valence-corrected chi connectivity index (χ2v) is 15.6. The number of nitrogens with one attached hydrogen (secondary N) is 1. The van der Waals surface area contributed by atoms with Crippen molar-refractivity contribution < 1.29 is 27.8 Å². The van der Waals surface area contributed by atoms with Crippen molar-refractivity contribution in [2.24, 2.45) is 11.8 Å². The van der Waals surface area contributed by atoms with Gasteiger partial charge in [-0.05, 0) is 112 Å². The molecule has 1 spiro atoms. The third kappa shape index (κ3) is 6.26. The van der Waals surface area contributed by atoms with Gasteiger partial charge in [0.15, 0.2) is 0 Å². The van der Waals surface area contributed by atoms with E-state index >= 15 is 0 Å². The first-order chi connectivity index (χ1) is 21.1. The number of aliphatic hydroxyl groups excluding tert-OH is 1. The fourth-order valence-electron chi connectivity index (χ4n) is 7.75. The number of fused-ring (bicyclic) bond motifs is 4. The number of sulfonamides is 1. The predicted octanol–water partition coefficient (Wildman–Crippen LogP) is 5.40. The lowest BCUT2D eigenvalue weighted by Gasteiger charge is -2.46. The van der Waals surface area contributed by atoms with E-state index in [2.05, 4.69) is 27.8 Å². The molecule has 8 nitrogen and oxygen atoms in total. The summed E-state index contributed by atoms with van der Waals surface area (Å²) in [5.74, 6) is 0.723. The van der Waals surface area contributed by atoms with Gasteiger partial charge in [0.1, 0.15) is 5.75 Å². The number of methoxy groups -OCH3 is 1. The van der Waals surface area contributed by atoms with Crippen LogP contribution in [0.15, 0.2) is 48.6 Å². The average molecular weight is 643 g/mol. The number of aryl methyl sites for hydroxylation is 1. The van der Waals surface area contributed by atoms with E-state index in [4.69, 9.17) is 21.1 Å². The number of allylic oxidation sites excluding steroid dienone is 1. The van der Waals surface area contributed by atoms with Gasteiger partial charge in [0.25, 0.3) is 5.91 Å². The molecule has 2 aromatic carbocycles. The molecule has 1 fully saturated rings. The Morgan fingerprint density at radius 2 is 2.05 bits per heavy atom. The fourth-order valence-corrected chi connectivity index (χ4v) is 9.47. The largest absolute Gasteiger partial charge is 0.490 e. The number of halogens is 1. The maximum Gasteiger partial charge on any atom is 0.264 e. The van der Waals surface area contributed by atoms with E-state index in [9.17, 15) is 18.3 Å². The van der Waals surface area contributed by atoms with Crippen LogP contribution in [0.3, 0.4) is 0 Å². The number of anilines is 1. The monoisotopic (exact) mass is 642 g/mol. The highest BCUT2D eigenvalue weighted by atomic mass is 35.5. The lowest BCUT2D eigenvalue weighted by molar-refractivity contribution is 0.0131. The fraction of sp³-hybridized carbons (Fsp3) is 0.559. The first kappa shape index (κ1) is 31.4. The van der Waals surface area contributed by atoms with Gasteiger partial charge in [0.05, 0.1) is 29.8 Å². The highest BCUT2D eigenvalue weighted by Crippen LogP contribution is 2.47. The van der Waals surface area contributed by atoms with E-state index in [1.807, 2.05) is 12.1 Å². The third-order valence-electron chi connectivity index (χ3n) is 10.2. The molecule has 0 radical (unpaired) electrons. The van der Waals surface area contributed by atoms with Crippen LogP contribution in [0.4, 0.5) is 5.69 Å². The molecule has 2 heterocycles. The van der Waals surface area contributed by atoms with Gasteiger partial charge in [-0.3, -0.25) is 4.79 Å². The summed E-state index contributed by atoms with van der Waals surface area (Å²) in [7, 11) is -2.32. The smallest absolute Gasteiger partial charge is 0.264 e. The number of amides is 1. The predicted molar refractivity (Wildman–Crippen MR) is 172 cm³/mol. The van der Waals surface area contributed by atoms with E-state index in [0.29, 0.717) is 37.2 Å². The van der Waals surface area contributed by atoms with Crippen LogP contribution in [0.1, 0.15) is 73.4 Å². The van der Waals surface area contributed by atoms with E-state index in [-0.39, 0.29) is 29.9 Å². The molecule has 2 aliphatic heterocycles. The van der Waals surface area contributed by atoms with Crippen molar-refractivity contribution in [3.8, 4) is 5.75 Å². The Morgan fingerprint density at radius 3 is 2.80 bits per heavy atom. The zero-order valence-electron chi connectivity index (χ0n) is 25.5. The maximum absolute atomic E-state index is 13.5. The van der Waals surface area contributed by atoms with Crippen molar-refractivity contribution in [2.75, 3.05) is 31.7 Å². The number of carbonyl (C=O) groups is 1. The molecule has 4 aliphatic rings. The number of hydrogen-bond acceptors (Lipinski definition) is 7. The molecular formula is C34H43ClN2O6S. The number of nitrogens with zero attached hydrogens (tertiary/aromatic N) is 1. The van der Waals surface area contributed by atoms with E-state index in [1.54, 1.807) is 32.2 Å². The summed E-state index contributed by atoms with van der Waals surface area (Å²) in [5.41, 5.74) is 3.34. The Labute approximate surface area is 265 Å². The molecule has 6 atom stereocenters. The van der Waals surface area contributed by atoms with Crippen molar-refractivity contribution >= 4 is 33.2 Å². The Bertz CT molecular complexity index is 1530. The van der Waals surface area contributed by atoms with E-state index in [1.165, 1.54) is 11.1 Å². The Hall–Kier alpha value is -2.59. The molecule has 1 amide bonds. The molecule has 238 valence electrons. The molecule has 6 rings (SSSR count). The number of rotatable bonds is 3. The van der Waals surface area contributed by atoms with Crippen LogP contribution in [0, 0.1) is 11.8 Å². The molecule has 0 unspecified atom stereocenters. The van der Waals surface area contributed by atoms with Gasteiger partial charge in [-0.15, -0.1) is 0 Å². The van der Waals surface area contributed by atoms with Gasteiger partial charge < -0.3 is 19.5 Å². The van der Waals surface area contributed by atoms with Crippen LogP contribution in [0.5, 0.6) is 5.75 Å². The summed E-state index contributed by atoms with van der Waals surface area (Å²) in [6.45, 7) is 3.56. The second kappa shape index (κ2) is 12.7. The number of carbonyl (C=O) groups excluding carboxylic acids is 1. The van der Waals surface area contributed by atoms with Crippen molar-refractivity contribution in [1.82, 2.24) is 4.72 Å². The Kier molecular flexibility index (Phi) is 9.03. The molecule has 2 aromatic rings. The molecule has 10 heteroatoms. The van der Waals surface area contributed by atoms with Crippen LogP contribution in [-0.4, -0.2) is 63.7 Å². The van der Waals surface area contributed by atoms with Gasteiger partial charge in [0, 0.05) is 36.2 Å². The first-order valence-electron chi connectivity index (χ1n) is 15.8. The molecule has 2 aliphatic carbocycles. The van der Waals surface area contributed by atoms with Crippen molar-refractivity contribution in [3.05, 3.63) is 70.3 Å². The normalized spacial score (nSPS) is 31.4. The minimum atomic E-state index is -4.05. The lowest BCUT2D eigenvalue weighted by Crippen LogP contribution is -2.49. The van der Waals surface area contributed by atoms with Crippen molar-refractivity contribution in [1.29, 1.82) is 0 Å². The molecule has 44 heavy (non-hydrogen) atoms. The average Bonchev–Trinajstić information content (AvgIpc) is 3.12. The van der Waals surface area contributed by atoms with Gasteiger partial charge in [-0.25, -0.2) is 13.1 Å². The van der Waals surface area contributed by atoms with Gasteiger partial charge in [0.2, 0.25) is 10.0 Å². The van der Waals surface area contributed by atoms with Gasteiger partial charge in [-0.2, -0.15) is 0 Å². The highest BCUT2D eigenvalue weighted by molar-refractivity contribution is 7.90. The summed E-state index contributed by atoms with van der Waals surface area (Å²) in [4.78, 5) is 15.8. The zero-order chi connectivity index (χ0) is 31.1. The molecule has 2 N–H and O–H groups in total. The van der Waals surface area contributed by atoms with Crippen LogP contribution in [0.2, 0.25) is 5.02 Å². The topological polar surface area (TPSA) is 105 Å². The quantitative estimate of drug-likeness (QED) is 0.432. The summed E-state index contributed by atoms with van der Waals surface area (Å²) < 4.78 is 41.7. The second-order valence-electron chi connectivity index (χ2n) is 13.2. The van der Waals surface area contributed by atoms with Crippen molar-refractivity contribution in [3.63, 3.8) is 0 Å². The third-order valence-corrected chi connectivity index (χ3v) is 12.2. The Balaban J connectivity index is 1.41. The summed E-state index contributed by atoms with van der Waals surface area (Å²) >= 11 is 6.41. The standard InChI is InChI=1S/C34H43ClN2O6S/c1-22(38)16-27-7-3-4-8-31(42-2)28-12-9-25(28)19-37-20-34(15-5-6-23-17-26(35)11-13-29(23)34)21-43-32-14-10-24(18-30(32)37)33(39)36-44(27,40)41/h4,8,10-11,13-14,17-18,22,25,27-28,31,38H,3,5-7,9,12,15-16,19-21H2,1-2H3,(H,36,39)/b8-4-/t22-,25+,27-,28-,31+,34+/m1/s1. The lowest BCUT2D eigenvalue weighted by atomic mass is 9.68. The van der Waals surface area contributed by atoms with E-state index in [0.717, 1.165) is 49.4 Å². The number of ether oxygens (including phenoxy) is 2. The van der Waals surface area contributed by atoms with Crippen LogP contribution in [0.25, 0.3) is 0 Å². The molecule has 1 saturated carbocycles. The van der Waals surface area contributed by atoms with Crippen LogP contribution in [-0.2, 0) is 26.6 Å². The number of aliphatic hydroxyl groups is 1. The molecule has 2 bridgehead atoms. The SMILES string of the molecule is CO[C@H]1/C=C\CC[C@H](C[C@@H](C)O)S(=O)(=O)NC(=O)c2ccc3c(c2)N(C[C@@H]2CC[C@H]21)C[C@@]1(CCCc2cc(Cl)ccc21)CO3. The highest BCUT2D eigenvalue weighted by Gasteiger charge is 2.44. The van der Waals surface area contributed by atoms with Gasteiger partial charge >= 0.3 is 0 Å².